The van der Waals surface area contributed by atoms with Crippen molar-refractivity contribution in [2.75, 3.05) is 42.2 Å². The summed E-state index contributed by atoms with van der Waals surface area (Å²) in [4.78, 5) is 14.8. The van der Waals surface area contributed by atoms with Crippen molar-refractivity contribution in [2.24, 2.45) is 0 Å². The molecule has 0 atom stereocenters. The van der Waals surface area contributed by atoms with Gasteiger partial charge >= 0.3 is 5.69 Å². The standard InChI is InChI=1S/C15H17N3O4S2/c1-24(21,22)13-5-2-4-12(15(13)18(19)20)16-7-9-17(10-8-16)14-6-3-11-23-14/h2-6,11H,7-10H2,1H3. The second kappa shape index (κ2) is 6.40. The molecule has 1 aliphatic heterocycles. The zero-order valence-corrected chi connectivity index (χ0v) is 14.7. The first-order chi connectivity index (χ1) is 11.4. The van der Waals surface area contributed by atoms with Crippen molar-refractivity contribution in [2.45, 2.75) is 4.90 Å². The normalized spacial score (nSPS) is 15.5. The van der Waals surface area contributed by atoms with E-state index in [2.05, 4.69) is 4.90 Å². The molecular formula is C15H17N3O4S2. The third kappa shape index (κ3) is 3.22. The summed E-state index contributed by atoms with van der Waals surface area (Å²) in [6, 6.07) is 8.51. The summed E-state index contributed by atoms with van der Waals surface area (Å²) >= 11 is 1.66. The van der Waals surface area contributed by atoms with Gasteiger partial charge in [0.2, 0.25) is 0 Å². The third-order valence-corrected chi connectivity index (χ3v) is 6.06. The molecule has 1 fully saturated rings. The van der Waals surface area contributed by atoms with Gasteiger partial charge in [0.15, 0.2) is 9.84 Å². The third-order valence-electron chi connectivity index (χ3n) is 4.00. The summed E-state index contributed by atoms with van der Waals surface area (Å²) < 4.78 is 23.7. The van der Waals surface area contributed by atoms with Gasteiger partial charge in [-0.15, -0.1) is 11.3 Å². The molecule has 0 radical (unpaired) electrons. The lowest BCUT2D eigenvalue weighted by Crippen LogP contribution is -2.46. The van der Waals surface area contributed by atoms with E-state index >= 15 is 0 Å². The van der Waals surface area contributed by atoms with Crippen molar-refractivity contribution >= 4 is 37.5 Å². The van der Waals surface area contributed by atoms with Crippen LogP contribution in [-0.2, 0) is 9.84 Å². The molecule has 0 bridgehead atoms. The molecule has 1 saturated heterocycles. The van der Waals surface area contributed by atoms with Crippen LogP contribution in [0, 0.1) is 10.1 Å². The van der Waals surface area contributed by atoms with E-state index in [0.717, 1.165) is 19.3 Å². The summed E-state index contributed by atoms with van der Waals surface area (Å²) in [6.45, 7) is 2.68. The molecule has 0 unspecified atom stereocenters. The Morgan fingerprint density at radius 2 is 1.75 bits per heavy atom. The zero-order chi connectivity index (χ0) is 17.3. The summed E-state index contributed by atoms with van der Waals surface area (Å²) in [6.07, 6.45) is 0.994. The highest BCUT2D eigenvalue weighted by molar-refractivity contribution is 7.90. The number of thiophene rings is 1. The molecule has 128 valence electrons. The van der Waals surface area contributed by atoms with Crippen molar-refractivity contribution in [3.05, 3.63) is 45.8 Å². The highest BCUT2D eigenvalue weighted by atomic mass is 32.2. The quantitative estimate of drug-likeness (QED) is 0.609. The minimum Gasteiger partial charge on any atom is -0.362 e. The van der Waals surface area contributed by atoms with Crippen LogP contribution in [0.3, 0.4) is 0 Å². The monoisotopic (exact) mass is 367 g/mol. The first kappa shape index (κ1) is 16.7. The predicted octanol–water partition coefficient (Wildman–Crippen LogP) is 2.39. The molecule has 1 aliphatic rings. The molecule has 0 spiro atoms. The van der Waals surface area contributed by atoms with E-state index in [1.165, 1.54) is 11.1 Å². The van der Waals surface area contributed by atoms with Crippen LogP contribution in [0.1, 0.15) is 0 Å². The Morgan fingerprint density at radius 3 is 2.29 bits per heavy atom. The highest BCUT2D eigenvalue weighted by Gasteiger charge is 2.30. The Hall–Kier alpha value is -2.13. The number of sulfone groups is 1. The molecule has 0 saturated carbocycles. The molecule has 24 heavy (non-hydrogen) atoms. The maximum Gasteiger partial charge on any atom is 0.311 e. The fourth-order valence-electron chi connectivity index (χ4n) is 2.87. The lowest BCUT2D eigenvalue weighted by molar-refractivity contribution is -0.387. The second-order valence-electron chi connectivity index (χ2n) is 5.58. The van der Waals surface area contributed by atoms with Crippen LogP contribution >= 0.6 is 11.3 Å². The molecule has 1 aromatic carbocycles. The van der Waals surface area contributed by atoms with Gasteiger partial charge in [-0.05, 0) is 29.6 Å². The highest BCUT2D eigenvalue weighted by Crippen LogP contribution is 2.35. The van der Waals surface area contributed by atoms with Gasteiger partial charge in [0.25, 0.3) is 0 Å². The van der Waals surface area contributed by atoms with E-state index in [-0.39, 0.29) is 10.6 Å². The molecule has 1 aromatic heterocycles. The Kier molecular flexibility index (Phi) is 4.46. The fraction of sp³-hybridized carbons (Fsp3) is 0.333. The molecule has 2 aromatic rings. The van der Waals surface area contributed by atoms with Crippen LogP contribution in [0.4, 0.5) is 16.4 Å². The van der Waals surface area contributed by atoms with Gasteiger partial charge in [0.1, 0.15) is 10.6 Å². The minimum absolute atomic E-state index is 0.231. The van der Waals surface area contributed by atoms with Crippen molar-refractivity contribution in [3.8, 4) is 0 Å². The van der Waals surface area contributed by atoms with Gasteiger partial charge in [-0.1, -0.05) is 6.07 Å². The molecule has 9 heteroatoms. The van der Waals surface area contributed by atoms with E-state index < -0.39 is 14.8 Å². The Morgan fingerprint density at radius 1 is 1.08 bits per heavy atom. The molecule has 0 aliphatic carbocycles. The second-order valence-corrected chi connectivity index (χ2v) is 8.49. The first-order valence-electron chi connectivity index (χ1n) is 7.39. The zero-order valence-electron chi connectivity index (χ0n) is 13.1. The van der Waals surface area contributed by atoms with Crippen LogP contribution in [0.25, 0.3) is 0 Å². The van der Waals surface area contributed by atoms with E-state index in [1.54, 1.807) is 23.5 Å². The van der Waals surface area contributed by atoms with Crippen LogP contribution in [0.15, 0.2) is 40.6 Å². The van der Waals surface area contributed by atoms with Crippen molar-refractivity contribution in [3.63, 3.8) is 0 Å². The van der Waals surface area contributed by atoms with E-state index in [4.69, 9.17) is 0 Å². The number of para-hydroxylation sites is 1. The largest absolute Gasteiger partial charge is 0.362 e. The number of hydrogen-bond donors (Lipinski definition) is 0. The van der Waals surface area contributed by atoms with Gasteiger partial charge in [-0.25, -0.2) is 8.42 Å². The average molecular weight is 367 g/mol. The molecule has 0 amide bonds. The molecule has 2 heterocycles. The molecule has 0 N–H and O–H groups in total. The summed E-state index contributed by atoms with van der Waals surface area (Å²) in [5.41, 5.74) is 0.0401. The summed E-state index contributed by atoms with van der Waals surface area (Å²) in [7, 11) is -3.66. The Labute approximate surface area is 144 Å². The van der Waals surface area contributed by atoms with Gasteiger partial charge < -0.3 is 9.80 Å². The number of hydrogen-bond acceptors (Lipinski definition) is 7. The fourth-order valence-corrected chi connectivity index (χ4v) is 4.51. The minimum atomic E-state index is -3.66. The topological polar surface area (TPSA) is 83.8 Å². The number of benzene rings is 1. The lowest BCUT2D eigenvalue weighted by atomic mass is 10.2. The number of anilines is 2. The molecule has 3 rings (SSSR count). The average Bonchev–Trinajstić information content (AvgIpc) is 3.08. The Balaban J connectivity index is 1.89. The SMILES string of the molecule is CS(=O)(=O)c1cccc(N2CCN(c3cccs3)CC2)c1[N+](=O)[O-]. The van der Waals surface area contributed by atoms with Crippen molar-refractivity contribution < 1.29 is 13.3 Å². The lowest BCUT2D eigenvalue weighted by Gasteiger charge is -2.36. The maximum absolute atomic E-state index is 11.9. The van der Waals surface area contributed by atoms with Crippen molar-refractivity contribution in [1.29, 1.82) is 0 Å². The first-order valence-corrected chi connectivity index (χ1v) is 10.2. The number of nitro groups is 1. The van der Waals surface area contributed by atoms with Gasteiger partial charge in [-0.2, -0.15) is 0 Å². The van der Waals surface area contributed by atoms with Gasteiger partial charge in [-0.3, -0.25) is 10.1 Å². The number of nitrogens with zero attached hydrogens (tertiary/aromatic N) is 3. The van der Waals surface area contributed by atoms with Crippen LogP contribution in [0.5, 0.6) is 0 Å². The van der Waals surface area contributed by atoms with E-state index in [0.29, 0.717) is 18.8 Å². The maximum atomic E-state index is 11.9. The number of rotatable bonds is 4. The van der Waals surface area contributed by atoms with Crippen molar-refractivity contribution in [1.82, 2.24) is 0 Å². The van der Waals surface area contributed by atoms with E-state index in [9.17, 15) is 18.5 Å². The van der Waals surface area contributed by atoms with Crippen LogP contribution < -0.4 is 9.80 Å². The van der Waals surface area contributed by atoms with Gasteiger partial charge in [0.05, 0.1) is 9.92 Å². The Bertz CT molecular complexity index is 842. The predicted molar refractivity (Wildman–Crippen MR) is 95.0 cm³/mol. The smallest absolute Gasteiger partial charge is 0.311 e. The molecule has 7 nitrogen and oxygen atoms in total. The number of nitro benzene ring substituents is 1. The number of piperazine rings is 1. The molecular weight excluding hydrogens is 350 g/mol. The van der Waals surface area contributed by atoms with Crippen LogP contribution in [-0.4, -0.2) is 45.8 Å². The summed E-state index contributed by atoms with van der Waals surface area (Å²) in [5.74, 6) is 0. The van der Waals surface area contributed by atoms with Crippen LogP contribution in [0.2, 0.25) is 0 Å². The van der Waals surface area contributed by atoms with E-state index in [1.807, 2.05) is 22.4 Å². The summed E-state index contributed by atoms with van der Waals surface area (Å²) in [5, 5.41) is 14.7. The van der Waals surface area contributed by atoms with Gasteiger partial charge in [0, 0.05) is 32.4 Å².